The van der Waals surface area contributed by atoms with E-state index in [1.807, 2.05) is 11.0 Å². The zero-order valence-corrected chi connectivity index (χ0v) is 12.5. The first-order valence-corrected chi connectivity index (χ1v) is 7.92. The maximum absolute atomic E-state index is 13.9. The van der Waals surface area contributed by atoms with Crippen molar-refractivity contribution in [3.63, 3.8) is 0 Å². The van der Waals surface area contributed by atoms with Crippen LogP contribution in [-0.4, -0.2) is 29.9 Å². The zero-order valence-electron chi connectivity index (χ0n) is 12.5. The van der Waals surface area contributed by atoms with Crippen LogP contribution in [0, 0.1) is 23.1 Å². The van der Waals surface area contributed by atoms with E-state index in [1.165, 1.54) is 6.07 Å². The van der Waals surface area contributed by atoms with Crippen molar-refractivity contribution in [3.8, 4) is 6.07 Å². The molecule has 2 fully saturated rings. The molecule has 1 atom stereocenters. The largest absolute Gasteiger partial charge is 0.378 e. The molecule has 1 saturated carbocycles. The van der Waals surface area contributed by atoms with Crippen molar-refractivity contribution in [2.75, 3.05) is 18.4 Å². The van der Waals surface area contributed by atoms with Crippen LogP contribution in [-0.2, 0) is 4.79 Å². The highest BCUT2D eigenvalue weighted by Crippen LogP contribution is 2.28. The number of nitriles is 1. The summed E-state index contributed by atoms with van der Waals surface area (Å²) in [6.45, 7) is 1.37. The Morgan fingerprint density at radius 1 is 1.32 bits per heavy atom. The van der Waals surface area contributed by atoms with Crippen molar-refractivity contribution in [2.24, 2.45) is 5.92 Å². The predicted octanol–water partition coefficient (Wildman–Crippen LogP) is 2.90. The summed E-state index contributed by atoms with van der Waals surface area (Å²) in [7, 11) is 0. The summed E-state index contributed by atoms with van der Waals surface area (Å²) in [5.74, 6) is 0.0483. The number of nitrogens with zero attached hydrogens (tertiary/aromatic N) is 2. The van der Waals surface area contributed by atoms with E-state index in [0.29, 0.717) is 17.8 Å². The molecule has 2 aliphatic rings. The number of carbonyl (C=O) groups excluding carboxylic acids is 1. The van der Waals surface area contributed by atoms with E-state index in [1.54, 1.807) is 12.1 Å². The Labute approximate surface area is 129 Å². The Kier molecular flexibility index (Phi) is 4.28. The van der Waals surface area contributed by atoms with Gasteiger partial charge in [-0.2, -0.15) is 5.26 Å². The number of likely N-dealkylation sites (tertiary alicyclic amines) is 1. The van der Waals surface area contributed by atoms with Crippen LogP contribution in [0.2, 0.25) is 0 Å². The minimum absolute atomic E-state index is 0.0767. The summed E-state index contributed by atoms with van der Waals surface area (Å²) >= 11 is 0. The lowest BCUT2D eigenvalue weighted by molar-refractivity contribution is -0.134. The highest BCUT2D eigenvalue weighted by atomic mass is 19.1. The molecule has 22 heavy (non-hydrogen) atoms. The second-order valence-electron chi connectivity index (χ2n) is 6.20. The third-order valence-corrected chi connectivity index (χ3v) is 4.66. The maximum atomic E-state index is 13.9. The van der Waals surface area contributed by atoms with Crippen LogP contribution < -0.4 is 5.32 Å². The van der Waals surface area contributed by atoms with Crippen LogP contribution in [0.25, 0.3) is 0 Å². The molecular formula is C17H20FN3O. The highest BCUT2D eigenvalue weighted by Gasteiger charge is 2.32. The summed E-state index contributed by atoms with van der Waals surface area (Å²) in [5.41, 5.74) is 0.715. The summed E-state index contributed by atoms with van der Waals surface area (Å²) in [6, 6.07) is 6.42. The number of anilines is 1. The minimum Gasteiger partial charge on any atom is -0.378 e. The molecule has 0 aromatic heterocycles. The molecule has 0 radical (unpaired) electrons. The Morgan fingerprint density at radius 3 is 2.77 bits per heavy atom. The summed E-state index contributed by atoms with van der Waals surface area (Å²) in [5, 5.41) is 11.9. The van der Waals surface area contributed by atoms with Gasteiger partial charge in [-0.1, -0.05) is 12.8 Å². The summed E-state index contributed by atoms with van der Waals surface area (Å²) in [6.07, 6.45) is 5.16. The van der Waals surface area contributed by atoms with Crippen LogP contribution in [0.5, 0.6) is 0 Å². The van der Waals surface area contributed by atoms with Gasteiger partial charge in [-0.3, -0.25) is 4.79 Å². The molecular weight excluding hydrogens is 281 g/mol. The third-order valence-electron chi connectivity index (χ3n) is 4.66. The minimum atomic E-state index is -0.417. The van der Waals surface area contributed by atoms with Gasteiger partial charge in [0, 0.05) is 25.0 Å². The third kappa shape index (κ3) is 3.06. The standard InChI is InChI=1S/C17H20FN3O/c18-15-9-12(10-19)5-6-16(15)20-14-7-8-21(11-14)17(22)13-3-1-2-4-13/h5-6,9,13-14,20H,1-4,7-8,11H2. The zero-order chi connectivity index (χ0) is 15.5. The van der Waals surface area contributed by atoms with Crippen molar-refractivity contribution in [1.29, 1.82) is 5.26 Å². The van der Waals surface area contributed by atoms with E-state index in [4.69, 9.17) is 5.26 Å². The number of carbonyl (C=O) groups is 1. The lowest BCUT2D eigenvalue weighted by Gasteiger charge is -2.21. The Hall–Kier alpha value is -2.09. The normalized spacial score (nSPS) is 21.8. The van der Waals surface area contributed by atoms with Gasteiger partial charge < -0.3 is 10.2 Å². The fraction of sp³-hybridized carbons (Fsp3) is 0.529. The van der Waals surface area contributed by atoms with E-state index in [2.05, 4.69) is 5.32 Å². The molecule has 0 spiro atoms. The number of benzene rings is 1. The molecule has 1 N–H and O–H groups in total. The van der Waals surface area contributed by atoms with E-state index in [-0.39, 0.29) is 17.9 Å². The lowest BCUT2D eigenvalue weighted by atomic mass is 10.1. The smallest absolute Gasteiger partial charge is 0.225 e. The number of rotatable bonds is 3. The van der Waals surface area contributed by atoms with Crippen LogP contribution in [0.3, 0.4) is 0 Å². The first-order chi connectivity index (χ1) is 10.7. The van der Waals surface area contributed by atoms with Crippen molar-refractivity contribution >= 4 is 11.6 Å². The van der Waals surface area contributed by atoms with E-state index < -0.39 is 5.82 Å². The second kappa shape index (κ2) is 6.35. The van der Waals surface area contributed by atoms with Gasteiger partial charge in [0.05, 0.1) is 17.3 Å². The summed E-state index contributed by atoms with van der Waals surface area (Å²) < 4.78 is 13.9. The first-order valence-electron chi connectivity index (χ1n) is 7.92. The molecule has 1 aromatic carbocycles. The quantitative estimate of drug-likeness (QED) is 0.934. The Morgan fingerprint density at radius 2 is 2.09 bits per heavy atom. The van der Waals surface area contributed by atoms with Gasteiger partial charge in [-0.25, -0.2) is 4.39 Å². The van der Waals surface area contributed by atoms with E-state index >= 15 is 0 Å². The average Bonchev–Trinajstić information content (AvgIpc) is 3.20. The first kappa shape index (κ1) is 14.8. The SMILES string of the molecule is N#Cc1ccc(NC2CCN(C(=O)C3CCCC3)C2)c(F)c1. The van der Waals surface area contributed by atoms with Crippen LogP contribution in [0.4, 0.5) is 10.1 Å². The molecule has 0 bridgehead atoms. The average molecular weight is 301 g/mol. The van der Waals surface area contributed by atoms with Gasteiger partial charge in [0.1, 0.15) is 5.82 Å². The summed E-state index contributed by atoms with van der Waals surface area (Å²) in [4.78, 5) is 14.3. The Balaban J connectivity index is 1.59. The second-order valence-corrected chi connectivity index (χ2v) is 6.20. The fourth-order valence-corrected chi connectivity index (χ4v) is 3.43. The van der Waals surface area contributed by atoms with Gasteiger partial charge in [-0.05, 0) is 37.5 Å². The van der Waals surface area contributed by atoms with Gasteiger partial charge in [0.25, 0.3) is 0 Å². The van der Waals surface area contributed by atoms with Crippen molar-refractivity contribution in [1.82, 2.24) is 4.90 Å². The number of amides is 1. The monoisotopic (exact) mass is 301 g/mol. The van der Waals surface area contributed by atoms with Crippen LogP contribution in [0.1, 0.15) is 37.7 Å². The molecule has 1 unspecified atom stereocenters. The van der Waals surface area contributed by atoms with Crippen molar-refractivity contribution in [3.05, 3.63) is 29.6 Å². The molecule has 116 valence electrons. The van der Waals surface area contributed by atoms with Gasteiger partial charge in [0.2, 0.25) is 5.91 Å². The maximum Gasteiger partial charge on any atom is 0.225 e. The van der Waals surface area contributed by atoms with Gasteiger partial charge in [-0.15, -0.1) is 0 Å². The number of halogens is 1. The van der Waals surface area contributed by atoms with Crippen molar-refractivity contribution < 1.29 is 9.18 Å². The fourth-order valence-electron chi connectivity index (χ4n) is 3.43. The molecule has 5 heteroatoms. The molecule has 4 nitrogen and oxygen atoms in total. The number of nitrogens with one attached hydrogen (secondary N) is 1. The molecule has 1 heterocycles. The van der Waals surface area contributed by atoms with Gasteiger partial charge >= 0.3 is 0 Å². The highest BCUT2D eigenvalue weighted by molar-refractivity contribution is 5.79. The topological polar surface area (TPSA) is 56.1 Å². The van der Waals surface area contributed by atoms with Crippen LogP contribution in [0.15, 0.2) is 18.2 Å². The lowest BCUT2D eigenvalue weighted by Crippen LogP contribution is -2.35. The molecule has 1 amide bonds. The van der Waals surface area contributed by atoms with E-state index in [9.17, 15) is 9.18 Å². The van der Waals surface area contributed by atoms with Crippen molar-refractivity contribution in [2.45, 2.75) is 38.1 Å². The molecule has 3 rings (SSSR count). The number of hydrogen-bond donors (Lipinski definition) is 1. The van der Waals surface area contributed by atoms with Gasteiger partial charge in [0.15, 0.2) is 0 Å². The number of hydrogen-bond acceptors (Lipinski definition) is 3. The molecule has 1 aliphatic carbocycles. The predicted molar refractivity (Wildman–Crippen MR) is 81.7 cm³/mol. The molecule has 1 saturated heterocycles. The van der Waals surface area contributed by atoms with E-state index in [0.717, 1.165) is 38.6 Å². The molecule has 1 aliphatic heterocycles. The molecule has 1 aromatic rings. The van der Waals surface area contributed by atoms with Crippen LogP contribution >= 0.6 is 0 Å². The Bertz CT molecular complexity index is 604.